The fraction of sp³-hybridized carbons (Fsp3) is 0.800. The number of alkyl halides is 3. The Labute approximate surface area is 56.6 Å². The highest BCUT2D eigenvalue weighted by atomic mass is 19.4. The van der Waals surface area contributed by atoms with Gasteiger partial charge in [-0.1, -0.05) is 6.92 Å². The van der Waals surface area contributed by atoms with E-state index in [0.29, 0.717) is 7.05 Å². The first kappa shape index (κ1) is 9.26. The molecule has 0 bridgehead atoms. The normalized spacial score (nSPS) is 11.3. The molecule has 0 fully saturated rings. The Hall–Kier alpha value is -0.740. The summed E-state index contributed by atoms with van der Waals surface area (Å²) in [4.78, 5) is 10.1. The topological polar surface area (TPSA) is 20.3 Å². The number of hydrogen-bond acceptors (Lipinski definition) is 1. The average Bonchev–Trinajstić information content (AvgIpc) is 1.83. The summed E-state index contributed by atoms with van der Waals surface area (Å²) in [7, 11) is 0.714. The minimum Gasteiger partial charge on any atom is -0.275 e. The van der Waals surface area contributed by atoms with Crippen molar-refractivity contribution in [3.8, 4) is 0 Å². The number of rotatable bonds is 1. The number of hydrogen-bond donors (Lipinski definition) is 0. The van der Waals surface area contributed by atoms with E-state index in [2.05, 4.69) is 0 Å². The largest absolute Gasteiger partial charge is 0.486 e. The quantitative estimate of drug-likeness (QED) is 0.524. The highest BCUT2D eigenvalue weighted by Crippen LogP contribution is 2.19. The Bertz CT molecular complexity index is 131. The molecule has 0 N–H and O–H groups in total. The molecule has 1 amide bonds. The van der Waals surface area contributed by atoms with Crippen LogP contribution in [-0.2, 0) is 4.79 Å². The fourth-order valence-electron chi connectivity index (χ4n) is 0.379. The van der Waals surface area contributed by atoms with E-state index in [1.165, 1.54) is 6.92 Å². The highest BCUT2D eigenvalue weighted by Gasteiger charge is 2.36. The van der Waals surface area contributed by atoms with Gasteiger partial charge in [-0.25, -0.2) is 0 Å². The minimum absolute atomic E-state index is 0.129. The molecule has 0 aliphatic carbocycles. The Morgan fingerprint density at radius 1 is 1.50 bits per heavy atom. The highest BCUT2D eigenvalue weighted by molar-refractivity contribution is 5.75. The zero-order valence-corrected chi connectivity index (χ0v) is 5.70. The van der Waals surface area contributed by atoms with Crippen molar-refractivity contribution in [1.82, 2.24) is 4.90 Å². The molecule has 0 aromatic heterocycles. The molecule has 0 aromatic rings. The Balaban J connectivity index is 4.08. The third kappa shape index (κ3) is 2.24. The molecule has 0 spiro atoms. The molecule has 0 saturated heterocycles. The maximum Gasteiger partial charge on any atom is 0.486 e. The van der Waals surface area contributed by atoms with Crippen LogP contribution in [0.15, 0.2) is 0 Å². The lowest BCUT2D eigenvalue weighted by molar-refractivity contribution is -0.233. The third-order valence-corrected chi connectivity index (χ3v) is 1.06. The van der Waals surface area contributed by atoms with Crippen LogP contribution in [0.3, 0.4) is 0 Å². The summed E-state index contributed by atoms with van der Waals surface area (Å²) in [5.41, 5.74) is 0. The summed E-state index contributed by atoms with van der Waals surface area (Å²) in [6.45, 7) is 1.38. The maximum atomic E-state index is 11.6. The summed E-state index contributed by atoms with van der Waals surface area (Å²) in [6, 6.07) is 0. The number of halogens is 3. The molecule has 0 unspecified atom stereocenters. The molecule has 5 heteroatoms. The van der Waals surface area contributed by atoms with E-state index < -0.39 is 12.2 Å². The van der Waals surface area contributed by atoms with Crippen molar-refractivity contribution in [3.63, 3.8) is 0 Å². The standard InChI is InChI=1S/C5H8F3NO/c1-3-4(10)9(2)5(6,7)8/h3H2,1-2H3. The zero-order valence-electron chi connectivity index (χ0n) is 5.70. The molecule has 0 atom stereocenters. The van der Waals surface area contributed by atoms with Gasteiger partial charge in [0, 0.05) is 13.5 Å². The molecular weight excluding hydrogens is 147 g/mol. The van der Waals surface area contributed by atoms with Crippen LogP contribution in [0.5, 0.6) is 0 Å². The second kappa shape index (κ2) is 2.90. The van der Waals surface area contributed by atoms with Crippen LogP contribution in [0.25, 0.3) is 0 Å². The fourth-order valence-corrected chi connectivity index (χ4v) is 0.379. The Morgan fingerprint density at radius 2 is 1.90 bits per heavy atom. The Kier molecular flexibility index (Phi) is 2.68. The molecular formula is C5H8F3NO. The van der Waals surface area contributed by atoms with E-state index in [0.717, 1.165) is 0 Å². The van der Waals surface area contributed by atoms with Crippen molar-refractivity contribution in [1.29, 1.82) is 0 Å². The summed E-state index contributed by atoms with van der Waals surface area (Å²) >= 11 is 0. The molecule has 0 aliphatic rings. The van der Waals surface area contributed by atoms with Crippen LogP contribution in [0.1, 0.15) is 13.3 Å². The SMILES string of the molecule is CCC(=O)N(C)C(F)(F)F. The third-order valence-electron chi connectivity index (χ3n) is 1.06. The van der Waals surface area contributed by atoms with Gasteiger partial charge in [0.2, 0.25) is 5.91 Å². The number of carbonyl (C=O) groups is 1. The molecule has 0 radical (unpaired) electrons. The van der Waals surface area contributed by atoms with Crippen molar-refractivity contribution in [2.24, 2.45) is 0 Å². The summed E-state index contributed by atoms with van der Waals surface area (Å²) in [5, 5.41) is 0. The minimum atomic E-state index is -4.53. The predicted molar refractivity (Wildman–Crippen MR) is 29.1 cm³/mol. The van der Waals surface area contributed by atoms with E-state index in [1.807, 2.05) is 0 Å². The van der Waals surface area contributed by atoms with E-state index in [9.17, 15) is 18.0 Å². The molecule has 0 aliphatic heterocycles. The zero-order chi connectivity index (χ0) is 8.36. The van der Waals surface area contributed by atoms with Crippen LogP contribution in [0.4, 0.5) is 13.2 Å². The molecule has 10 heavy (non-hydrogen) atoms. The maximum absolute atomic E-state index is 11.6. The Morgan fingerprint density at radius 3 is 2.00 bits per heavy atom. The van der Waals surface area contributed by atoms with Crippen LogP contribution < -0.4 is 0 Å². The van der Waals surface area contributed by atoms with Gasteiger partial charge in [0.05, 0.1) is 0 Å². The van der Waals surface area contributed by atoms with Crippen molar-refractivity contribution < 1.29 is 18.0 Å². The predicted octanol–water partition coefficient (Wildman–Crippen LogP) is 1.37. The molecule has 0 rings (SSSR count). The van der Waals surface area contributed by atoms with E-state index in [1.54, 1.807) is 0 Å². The van der Waals surface area contributed by atoms with Crippen molar-refractivity contribution in [2.75, 3.05) is 7.05 Å². The van der Waals surface area contributed by atoms with Crippen molar-refractivity contribution >= 4 is 5.91 Å². The first-order chi connectivity index (χ1) is 4.39. The van der Waals surface area contributed by atoms with Crippen LogP contribution in [0.2, 0.25) is 0 Å². The van der Waals surface area contributed by atoms with Gasteiger partial charge in [-0.15, -0.1) is 13.2 Å². The van der Waals surface area contributed by atoms with Crippen molar-refractivity contribution in [3.05, 3.63) is 0 Å². The van der Waals surface area contributed by atoms with Gasteiger partial charge < -0.3 is 0 Å². The molecule has 2 nitrogen and oxygen atoms in total. The number of carbonyl (C=O) groups excluding carboxylic acids is 1. The smallest absolute Gasteiger partial charge is 0.275 e. The second-order valence-electron chi connectivity index (χ2n) is 1.77. The summed E-state index contributed by atoms with van der Waals surface area (Å²) < 4.78 is 34.8. The van der Waals surface area contributed by atoms with Gasteiger partial charge in [-0.2, -0.15) is 0 Å². The van der Waals surface area contributed by atoms with Gasteiger partial charge in [-0.05, 0) is 0 Å². The number of nitrogens with zero attached hydrogens (tertiary/aromatic N) is 1. The molecule has 0 saturated carbocycles. The second-order valence-corrected chi connectivity index (χ2v) is 1.77. The lowest BCUT2D eigenvalue weighted by Crippen LogP contribution is -2.38. The van der Waals surface area contributed by atoms with Gasteiger partial charge >= 0.3 is 6.30 Å². The van der Waals surface area contributed by atoms with Gasteiger partial charge in [0.15, 0.2) is 0 Å². The van der Waals surface area contributed by atoms with Crippen molar-refractivity contribution in [2.45, 2.75) is 19.6 Å². The van der Waals surface area contributed by atoms with E-state index >= 15 is 0 Å². The summed E-state index contributed by atoms with van der Waals surface area (Å²) in [6.07, 6.45) is -4.66. The van der Waals surface area contributed by atoms with E-state index in [4.69, 9.17) is 0 Å². The molecule has 0 aromatic carbocycles. The van der Waals surface area contributed by atoms with E-state index in [-0.39, 0.29) is 11.3 Å². The monoisotopic (exact) mass is 155 g/mol. The van der Waals surface area contributed by atoms with Crippen LogP contribution >= 0.6 is 0 Å². The molecule has 60 valence electrons. The first-order valence-corrected chi connectivity index (χ1v) is 2.73. The molecule has 0 heterocycles. The lowest BCUT2D eigenvalue weighted by atomic mass is 10.4. The lowest BCUT2D eigenvalue weighted by Gasteiger charge is -2.18. The summed E-state index contributed by atoms with van der Waals surface area (Å²) in [5.74, 6) is -0.924. The van der Waals surface area contributed by atoms with Crippen LogP contribution in [0, 0.1) is 0 Å². The van der Waals surface area contributed by atoms with Gasteiger partial charge in [0.25, 0.3) is 0 Å². The van der Waals surface area contributed by atoms with Crippen LogP contribution in [-0.4, -0.2) is 24.2 Å². The first-order valence-electron chi connectivity index (χ1n) is 2.73. The van der Waals surface area contributed by atoms with Gasteiger partial charge in [0.1, 0.15) is 0 Å². The number of amides is 1. The van der Waals surface area contributed by atoms with Gasteiger partial charge in [-0.3, -0.25) is 9.69 Å². The average molecular weight is 155 g/mol.